The Morgan fingerprint density at radius 1 is 1.38 bits per heavy atom. The second-order valence-electron chi connectivity index (χ2n) is 8.70. The third-order valence-electron chi connectivity index (χ3n) is 6.00. The summed E-state index contributed by atoms with van der Waals surface area (Å²) < 4.78 is 7.56. The van der Waals surface area contributed by atoms with Crippen LogP contribution in [0.5, 0.6) is 5.75 Å². The second-order valence-corrected chi connectivity index (χ2v) is 9.08. The second kappa shape index (κ2) is 8.55. The molecule has 32 heavy (non-hydrogen) atoms. The number of benzene rings is 1. The summed E-state index contributed by atoms with van der Waals surface area (Å²) in [5.41, 5.74) is 2.37. The average Bonchev–Trinajstić information content (AvgIpc) is 3.50. The zero-order valence-corrected chi connectivity index (χ0v) is 19.4. The number of carbonyl (C=O) groups excluding carboxylic acids is 1. The topological polar surface area (TPSA) is 104 Å². The van der Waals surface area contributed by atoms with Gasteiger partial charge in [-0.05, 0) is 66.7 Å². The highest BCUT2D eigenvalue weighted by Gasteiger charge is 2.34. The molecule has 0 radical (unpaired) electrons. The maximum Gasteiger partial charge on any atom is 0.230 e. The van der Waals surface area contributed by atoms with E-state index in [0.29, 0.717) is 22.1 Å². The number of ether oxygens (including phenoxy) is 1. The molecule has 0 spiro atoms. The monoisotopic (exact) mass is 456 g/mol. The molecule has 9 heteroatoms. The van der Waals surface area contributed by atoms with Gasteiger partial charge in [0.15, 0.2) is 16.4 Å². The largest absolute Gasteiger partial charge is 0.504 e. The third-order valence-corrected chi connectivity index (χ3v) is 6.28. The first-order chi connectivity index (χ1) is 15.2. The number of nitrogens with one attached hydrogen (secondary N) is 1. The fourth-order valence-electron chi connectivity index (χ4n) is 4.00. The lowest BCUT2D eigenvalue weighted by Gasteiger charge is -2.24. The van der Waals surface area contributed by atoms with Gasteiger partial charge in [-0.25, -0.2) is 0 Å². The van der Waals surface area contributed by atoms with Gasteiger partial charge in [0, 0.05) is 13.6 Å². The van der Waals surface area contributed by atoms with Gasteiger partial charge in [-0.3, -0.25) is 14.5 Å². The van der Waals surface area contributed by atoms with Crippen LogP contribution in [-0.2, 0) is 4.79 Å². The average molecular weight is 457 g/mol. The van der Waals surface area contributed by atoms with Crippen molar-refractivity contribution >= 4 is 29.3 Å². The fourth-order valence-corrected chi connectivity index (χ4v) is 4.24. The predicted octanol–water partition coefficient (Wildman–Crippen LogP) is 3.58. The van der Waals surface area contributed by atoms with E-state index in [1.165, 1.54) is 12.8 Å². The van der Waals surface area contributed by atoms with Gasteiger partial charge in [0.25, 0.3) is 0 Å². The van der Waals surface area contributed by atoms with Crippen LogP contribution < -0.4 is 9.64 Å². The maximum absolute atomic E-state index is 12.5. The van der Waals surface area contributed by atoms with Crippen molar-refractivity contribution in [3.05, 3.63) is 46.2 Å². The van der Waals surface area contributed by atoms with E-state index in [4.69, 9.17) is 17.0 Å². The van der Waals surface area contributed by atoms with Gasteiger partial charge < -0.3 is 19.8 Å². The van der Waals surface area contributed by atoms with Crippen molar-refractivity contribution in [2.24, 2.45) is 11.8 Å². The molecule has 1 aromatic heterocycles. The number of rotatable bonds is 7. The molecule has 1 atom stereocenters. The normalized spacial score (nSPS) is 18.9. The number of methoxy groups -OCH3 is 1. The molecule has 0 bridgehead atoms. The van der Waals surface area contributed by atoms with E-state index in [1.54, 1.807) is 17.8 Å². The molecule has 3 N–H and O–H groups in total. The van der Waals surface area contributed by atoms with E-state index in [1.807, 2.05) is 39.1 Å². The Labute approximate surface area is 191 Å². The smallest absolute Gasteiger partial charge is 0.230 e. The number of carbonyl (C=O) groups is 1. The molecule has 1 heterocycles. The van der Waals surface area contributed by atoms with Gasteiger partial charge in [0.1, 0.15) is 11.9 Å². The SMILES string of the molecule is COc1ccc(-n2c(C3=C(O)C(=O)C(O)C(C(C)C)=C3)n[nH]c2=S)cc1N(C)CC1CC1. The predicted molar refractivity (Wildman–Crippen MR) is 125 cm³/mol. The zero-order valence-electron chi connectivity index (χ0n) is 18.6. The fraction of sp³-hybridized carbons (Fsp3) is 0.435. The van der Waals surface area contributed by atoms with Gasteiger partial charge in [-0.15, -0.1) is 0 Å². The minimum atomic E-state index is -1.36. The van der Waals surface area contributed by atoms with Gasteiger partial charge >= 0.3 is 0 Å². The van der Waals surface area contributed by atoms with Crippen molar-refractivity contribution < 1.29 is 19.7 Å². The lowest BCUT2D eigenvalue weighted by Crippen LogP contribution is -2.30. The summed E-state index contributed by atoms with van der Waals surface area (Å²) in [4.78, 5) is 14.7. The van der Waals surface area contributed by atoms with E-state index in [2.05, 4.69) is 15.1 Å². The molecule has 0 saturated heterocycles. The first-order valence-corrected chi connectivity index (χ1v) is 11.1. The summed E-state index contributed by atoms with van der Waals surface area (Å²) in [5.74, 6) is 0.376. The molecule has 1 aromatic carbocycles. The van der Waals surface area contributed by atoms with E-state index in [9.17, 15) is 15.0 Å². The number of ketones is 1. The van der Waals surface area contributed by atoms with E-state index in [0.717, 1.165) is 23.7 Å². The molecule has 1 fully saturated rings. The molecule has 0 aliphatic heterocycles. The number of H-pyrrole nitrogens is 1. The third kappa shape index (κ3) is 3.98. The summed E-state index contributed by atoms with van der Waals surface area (Å²) in [6, 6.07) is 5.68. The summed E-state index contributed by atoms with van der Waals surface area (Å²) >= 11 is 5.49. The highest BCUT2D eigenvalue weighted by molar-refractivity contribution is 7.71. The molecule has 1 unspecified atom stereocenters. The van der Waals surface area contributed by atoms with Crippen LogP contribution in [0.3, 0.4) is 0 Å². The number of aromatic nitrogens is 3. The Bertz CT molecular complexity index is 1170. The minimum Gasteiger partial charge on any atom is -0.504 e. The summed E-state index contributed by atoms with van der Waals surface area (Å²) in [6.45, 7) is 4.69. The van der Waals surface area contributed by atoms with Crippen molar-refractivity contribution in [2.45, 2.75) is 32.8 Å². The summed E-state index contributed by atoms with van der Waals surface area (Å²) in [7, 11) is 3.67. The van der Waals surface area contributed by atoms with E-state index < -0.39 is 17.6 Å². The highest BCUT2D eigenvalue weighted by atomic mass is 32.1. The van der Waals surface area contributed by atoms with Crippen LogP contribution in [0.1, 0.15) is 32.5 Å². The van der Waals surface area contributed by atoms with Gasteiger partial charge in [-0.1, -0.05) is 13.8 Å². The first-order valence-electron chi connectivity index (χ1n) is 10.7. The number of nitrogens with zero attached hydrogens (tertiary/aromatic N) is 3. The first kappa shape index (κ1) is 22.3. The lowest BCUT2D eigenvalue weighted by molar-refractivity contribution is -0.124. The highest BCUT2D eigenvalue weighted by Crippen LogP contribution is 2.36. The van der Waals surface area contributed by atoms with Crippen LogP contribution in [0.2, 0.25) is 0 Å². The zero-order chi connectivity index (χ0) is 23.2. The number of hydrogen-bond acceptors (Lipinski definition) is 7. The minimum absolute atomic E-state index is 0.0870. The molecule has 4 rings (SSSR count). The summed E-state index contributed by atoms with van der Waals surface area (Å²) in [5, 5.41) is 27.9. The van der Waals surface area contributed by atoms with Crippen LogP contribution >= 0.6 is 12.2 Å². The van der Waals surface area contributed by atoms with E-state index in [-0.39, 0.29) is 11.5 Å². The number of anilines is 1. The molecule has 1 saturated carbocycles. The van der Waals surface area contributed by atoms with Crippen molar-refractivity contribution in [2.75, 3.05) is 25.6 Å². The van der Waals surface area contributed by atoms with Crippen LogP contribution in [0.15, 0.2) is 35.6 Å². The Kier molecular flexibility index (Phi) is 5.96. The molecular weight excluding hydrogens is 428 g/mol. The van der Waals surface area contributed by atoms with Crippen LogP contribution in [0.25, 0.3) is 11.3 Å². The van der Waals surface area contributed by atoms with Crippen molar-refractivity contribution in [3.63, 3.8) is 0 Å². The lowest BCUT2D eigenvalue weighted by atomic mass is 9.87. The van der Waals surface area contributed by atoms with Crippen molar-refractivity contribution in [1.29, 1.82) is 0 Å². The number of aliphatic hydroxyl groups excluding tert-OH is 2. The Balaban J connectivity index is 1.83. The number of Topliss-reactive ketones (excluding diaryl/α,β-unsaturated/α-hetero) is 1. The molecule has 2 aliphatic rings. The Hall–Kier alpha value is -2.91. The number of aromatic amines is 1. The Morgan fingerprint density at radius 3 is 2.72 bits per heavy atom. The van der Waals surface area contributed by atoms with Gasteiger partial charge in [0.05, 0.1) is 24.1 Å². The van der Waals surface area contributed by atoms with Crippen LogP contribution in [0.4, 0.5) is 5.69 Å². The summed E-state index contributed by atoms with van der Waals surface area (Å²) in [6.07, 6.45) is 2.73. The maximum atomic E-state index is 12.5. The van der Waals surface area contributed by atoms with Crippen LogP contribution in [0, 0.1) is 16.6 Å². The molecule has 2 aliphatic carbocycles. The molecule has 0 amide bonds. The Morgan fingerprint density at radius 2 is 2.09 bits per heavy atom. The van der Waals surface area contributed by atoms with Gasteiger partial charge in [0.2, 0.25) is 5.78 Å². The standard InChI is InChI=1S/C23H28N4O4S/c1-12(2)15-10-16(20(29)21(30)19(15)28)22-24-25-23(32)27(22)14-7-8-18(31-4)17(9-14)26(3)11-13-5-6-13/h7-10,12-13,19,28-29H,5-6,11H2,1-4H3,(H,25,32). The van der Waals surface area contributed by atoms with Crippen molar-refractivity contribution in [1.82, 2.24) is 14.8 Å². The number of hydrogen-bond donors (Lipinski definition) is 3. The number of allylic oxidation sites excluding steroid dienone is 2. The molecule has 2 aromatic rings. The van der Waals surface area contributed by atoms with E-state index >= 15 is 0 Å². The molecule has 170 valence electrons. The molecule has 8 nitrogen and oxygen atoms in total. The van der Waals surface area contributed by atoms with Crippen molar-refractivity contribution in [3.8, 4) is 11.4 Å². The quantitative estimate of drug-likeness (QED) is 0.547. The number of aliphatic hydroxyl groups is 2. The van der Waals surface area contributed by atoms with Gasteiger partial charge in [-0.2, -0.15) is 5.10 Å². The molecular formula is C23H28N4O4S. The van der Waals surface area contributed by atoms with Crippen LogP contribution in [-0.4, -0.2) is 57.6 Å².